The van der Waals surface area contributed by atoms with E-state index >= 15 is 0 Å². The van der Waals surface area contributed by atoms with E-state index in [1.165, 1.54) is 0 Å². The molecule has 140 valence electrons. The summed E-state index contributed by atoms with van der Waals surface area (Å²) in [5.74, 6) is 1.98. The second kappa shape index (κ2) is 9.57. The number of halogens is 2. The van der Waals surface area contributed by atoms with Crippen LogP contribution >= 0.6 is 36.2 Å². The van der Waals surface area contributed by atoms with Gasteiger partial charge in [0.25, 0.3) is 0 Å². The number of likely N-dealkylation sites (tertiary alicyclic amines) is 1. The van der Waals surface area contributed by atoms with Crippen LogP contribution in [0.4, 0.5) is 0 Å². The van der Waals surface area contributed by atoms with E-state index in [-0.39, 0.29) is 36.8 Å². The Bertz CT molecular complexity index is 665. The minimum Gasteiger partial charge on any atom is -0.441 e. The zero-order valence-corrected chi connectivity index (χ0v) is 16.9. The number of aromatic nitrogens is 1. The van der Waals surface area contributed by atoms with Gasteiger partial charge < -0.3 is 15.1 Å². The molecule has 0 spiro atoms. The second-order valence-electron chi connectivity index (χ2n) is 6.29. The Morgan fingerprint density at radius 2 is 2.12 bits per heavy atom. The number of rotatable bonds is 4. The number of carbonyl (C=O) groups is 1. The van der Waals surface area contributed by atoms with Crippen LogP contribution in [-0.2, 0) is 11.2 Å². The molecule has 1 fully saturated rings. The van der Waals surface area contributed by atoms with E-state index in [4.69, 9.17) is 10.2 Å². The molecular formula is C17H25Cl2N3O2S. The van der Waals surface area contributed by atoms with Gasteiger partial charge in [-0.3, -0.25) is 4.79 Å². The number of hydrogen-bond acceptors (Lipinski definition) is 5. The first-order chi connectivity index (χ1) is 11.0. The van der Waals surface area contributed by atoms with Crippen LogP contribution in [0.1, 0.15) is 31.2 Å². The summed E-state index contributed by atoms with van der Waals surface area (Å²) in [6.07, 6.45) is 2.28. The van der Waals surface area contributed by atoms with Gasteiger partial charge in [-0.15, -0.1) is 24.8 Å². The molecule has 25 heavy (non-hydrogen) atoms. The molecule has 8 heteroatoms. The number of aryl methyl sites for hydroxylation is 1. The maximum absolute atomic E-state index is 12.5. The third-order valence-electron chi connectivity index (χ3n) is 4.62. The van der Waals surface area contributed by atoms with Gasteiger partial charge in [-0.1, -0.05) is 0 Å². The number of oxazole rings is 1. The third-order valence-corrected chi connectivity index (χ3v) is 5.30. The molecule has 0 saturated carbocycles. The molecule has 2 aromatic rings. The summed E-state index contributed by atoms with van der Waals surface area (Å²) in [7, 11) is 0. The first-order valence-electron chi connectivity index (χ1n) is 8.07. The molecule has 1 saturated heterocycles. The van der Waals surface area contributed by atoms with Gasteiger partial charge >= 0.3 is 0 Å². The number of nitrogens with zero attached hydrogens (tertiary/aromatic N) is 2. The highest BCUT2D eigenvalue weighted by atomic mass is 35.5. The van der Waals surface area contributed by atoms with Crippen LogP contribution in [0.5, 0.6) is 0 Å². The SMILES string of the molecule is Cc1oc(-c2ccsc2)nc1CC(=O)N1CCC(C(C)N)CC1.Cl.Cl. The van der Waals surface area contributed by atoms with Crippen molar-refractivity contribution in [2.75, 3.05) is 13.1 Å². The molecule has 5 nitrogen and oxygen atoms in total. The van der Waals surface area contributed by atoms with E-state index < -0.39 is 0 Å². The van der Waals surface area contributed by atoms with E-state index in [2.05, 4.69) is 4.98 Å². The van der Waals surface area contributed by atoms with E-state index in [0.717, 1.165) is 42.9 Å². The number of nitrogens with two attached hydrogens (primary N) is 1. The average molecular weight is 406 g/mol. The Hall–Kier alpha value is -1.08. The summed E-state index contributed by atoms with van der Waals surface area (Å²) in [6, 6.07) is 2.18. The molecule has 0 aromatic carbocycles. The lowest BCUT2D eigenvalue weighted by Crippen LogP contribution is -2.43. The van der Waals surface area contributed by atoms with Crippen LogP contribution in [0.2, 0.25) is 0 Å². The number of carbonyl (C=O) groups excluding carboxylic acids is 1. The average Bonchev–Trinajstić information content (AvgIpc) is 3.18. The summed E-state index contributed by atoms with van der Waals surface area (Å²) in [5.41, 5.74) is 7.66. The van der Waals surface area contributed by atoms with Crippen molar-refractivity contribution in [3.63, 3.8) is 0 Å². The molecule has 1 unspecified atom stereocenters. The third kappa shape index (κ3) is 5.20. The fourth-order valence-corrected chi connectivity index (χ4v) is 3.66. The van der Waals surface area contributed by atoms with Crippen molar-refractivity contribution in [1.82, 2.24) is 9.88 Å². The standard InChI is InChI=1S/C17H23N3O2S.2ClH/c1-11(18)13-3-6-20(7-4-13)16(21)9-15-12(2)22-17(19-15)14-5-8-23-10-14;;/h5,8,10-11,13H,3-4,6-7,9,18H2,1-2H3;2*1H. The minimum absolute atomic E-state index is 0. The zero-order valence-electron chi connectivity index (χ0n) is 14.4. The fraction of sp³-hybridized carbons (Fsp3) is 0.529. The van der Waals surface area contributed by atoms with E-state index in [9.17, 15) is 4.79 Å². The van der Waals surface area contributed by atoms with Crippen LogP contribution in [0.3, 0.4) is 0 Å². The molecule has 1 aliphatic heterocycles. The van der Waals surface area contributed by atoms with Gasteiger partial charge in [0, 0.05) is 30.1 Å². The summed E-state index contributed by atoms with van der Waals surface area (Å²) < 4.78 is 5.70. The fourth-order valence-electron chi connectivity index (χ4n) is 3.03. The van der Waals surface area contributed by atoms with Crippen molar-refractivity contribution in [2.45, 2.75) is 39.2 Å². The van der Waals surface area contributed by atoms with E-state index in [1.807, 2.05) is 35.6 Å². The largest absolute Gasteiger partial charge is 0.441 e. The van der Waals surface area contributed by atoms with Crippen molar-refractivity contribution in [1.29, 1.82) is 0 Å². The Balaban J connectivity index is 0.00000156. The summed E-state index contributed by atoms with van der Waals surface area (Å²) in [4.78, 5) is 18.9. The second-order valence-corrected chi connectivity index (χ2v) is 7.07. The van der Waals surface area contributed by atoms with Crippen molar-refractivity contribution in [3.8, 4) is 11.5 Å². The highest BCUT2D eigenvalue weighted by Gasteiger charge is 2.26. The summed E-state index contributed by atoms with van der Waals surface area (Å²) in [5, 5.41) is 3.98. The van der Waals surface area contributed by atoms with Gasteiger partial charge in [0.2, 0.25) is 11.8 Å². The lowest BCUT2D eigenvalue weighted by Gasteiger charge is -2.33. The quantitative estimate of drug-likeness (QED) is 0.841. The van der Waals surface area contributed by atoms with Gasteiger partial charge in [-0.05, 0) is 44.1 Å². The maximum atomic E-state index is 12.5. The number of hydrogen-bond donors (Lipinski definition) is 1. The van der Waals surface area contributed by atoms with Crippen LogP contribution in [0.15, 0.2) is 21.2 Å². The van der Waals surface area contributed by atoms with Crippen LogP contribution in [0.25, 0.3) is 11.5 Å². The summed E-state index contributed by atoms with van der Waals surface area (Å²) >= 11 is 1.60. The Morgan fingerprint density at radius 3 is 2.68 bits per heavy atom. The van der Waals surface area contributed by atoms with Crippen LogP contribution < -0.4 is 5.73 Å². The zero-order chi connectivity index (χ0) is 16.4. The smallest absolute Gasteiger partial charge is 0.228 e. The molecule has 2 N–H and O–H groups in total. The van der Waals surface area contributed by atoms with Crippen molar-refractivity contribution >= 4 is 42.1 Å². The molecule has 2 aromatic heterocycles. The van der Waals surface area contributed by atoms with Crippen LogP contribution in [0, 0.1) is 12.8 Å². The Morgan fingerprint density at radius 1 is 1.44 bits per heavy atom. The molecule has 1 aliphatic rings. The highest BCUT2D eigenvalue weighted by molar-refractivity contribution is 7.08. The summed E-state index contributed by atoms with van der Waals surface area (Å²) in [6.45, 7) is 5.50. The predicted octanol–water partition coefficient (Wildman–Crippen LogP) is 3.68. The molecule has 0 aliphatic carbocycles. The number of thiophene rings is 1. The molecule has 1 atom stereocenters. The Labute approximate surface area is 164 Å². The highest BCUT2D eigenvalue weighted by Crippen LogP contribution is 2.25. The molecule has 3 rings (SSSR count). The first kappa shape index (κ1) is 22.0. The number of piperidine rings is 1. The van der Waals surface area contributed by atoms with Crippen molar-refractivity contribution < 1.29 is 9.21 Å². The van der Waals surface area contributed by atoms with Crippen molar-refractivity contribution in [3.05, 3.63) is 28.3 Å². The first-order valence-corrected chi connectivity index (χ1v) is 9.01. The maximum Gasteiger partial charge on any atom is 0.228 e. The molecule has 1 amide bonds. The lowest BCUT2D eigenvalue weighted by molar-refractivity contribution is -0.132. The van der Waals surface area contributed by atoms with E-state index in [1.54, 1.807) is 11.3 Å². The van der Waals surface area contributed by atoms with Crippen molar-refractivity contribution in [2.24, 2.45) is 11.7 Å². The van der Waals surface area contributed by atoms with Crippen LogP contribution in [-0.4, -0.2) is 34.9 Å². The normalized spacial score (nSPS) is 16.0. The Kier molecular flexibility index (Phi) is 8.41. The van der Waals surface area contributed by atoms with Gasteiger partial charge in [0.15, 0.2) is 0 Å². The van der Waals surface area contributed by atoms with E-state index in [0.29, 0.717) is 18.2 Å². The molecule has 0 bridgehead atoms. The molecule has 3 heterocycles. The number of amides is 1. The predicted molar refractivity (Wildman–Crippen MR) is 106 cm³/mol. The van der Waals surface area contributed by atoms with Gasteiger partial charge in [0.05, 0.1) is 12.1 Å². The molecule has 0 radical (unpaired) electrons. The van der Waals surface area contributed by atoms with Gasteiger partial charge in [-0.2, -0.15) is 11.3 Å². The monoisotopic (exact) mass is 405 g/mol. The topological polar surface area (TPSA) is 72.4 Å². The van der Waals surface area contributed by atoms with Gasteiger partial charge in [0.1, 0.15) is 5.76 Å². The van der Waals surface area contributed by atoms with Gasteiger partial charge in [-0.25, -0.2) is 4.98 Å². The lowest BCUT2D eigenvalue weighted by atomic mass is 9.91. The molecular weight excluding hydrogens is 381 g/mol. The minimum atomic E-state index is 0.